The molecule has 3 aromatic rings. The van der Waals surface area contributed by atoms with E-state index in [1.807, 2.05) is 48.5 Å². The standard InChI is InChI=1S/C20H22N6O/c21-17-15-8-4-5-9-16(15)20(18(17)27)10-12-25(13-11-20)19-22-23-24-26(19)14-6-2-1-3-7-14/h1-9,17-18,27H,10-13,21H2/t17-,18+/m1/s1. The van der Waals surface area contributed by atoms with Gasteiger partial charge in [0.25, 0.3) is 0 Å². The normalized spacial score (nSPS) is 23.6. The molecule has 0 bridgehead atoms. The smallest absolute Gasteiger partial charge is 0.250 e. The van der Waals surface area contributed by atoms with Crippen LogP contribution in [0.15, 0.2) is 54.6 Å². The fraction of sp³-hybridized carbons (Fsp3) is 0.350. The molecular formula is C20H22N6O. The highest BCUT2D eigenvalue weighted by Gasteiger charge is 2.51. The van der Waals surface area contributed by atoms with Crippen LogP contribution in [0.5, 0.6) is 0 Å². The van der Waals surface area contributed by atoms with Crippen molar-refractivity contribution in [3.05, 3.63) is 65.7 Å². The van der Waals surface area contributed by atoms with Crippen molar-refractivity contribution in [2.75, 3.05) is 18.0 Å². The van der Waals surface area contributed by atoms with Crippen LogP contribution < -0.4 is 10.6 Å². The lowest BCUT2D eigenvalue weighted by Crippen LogP contribution is -2.49. The summed E-state index contributed by atoms with van der Waals surface area (Å²) in [5.74, 6) is 0.737. The molecule has 27 heavy (non-hydrogen) atoms. The van der Waals surface area contributed by atoms with Crippen molar-refractivity contribution in [1.82, 2.24) is 20.2 Å². The van der Waals surface area contributed by atoms with Crippen molar-refractivity contribution in [1.29, 1.82) is 0 Å². The van der Waals surface area contributed by atoms with Crippen LogP contribution >= 0.6 is 0 Å². The zero-order valence-electron chi connectivity index (χ0n) is 14.9. The summed E-state index contributed by atoms with van der Waals surface area (Å²) < 4.78 is 1.77. The molecule has 138 valence electrons. The number of aliphatic hydroxyl groups is 1. The molecular weight excluding hydrogens is 340 g/mol. The zero-order chi connectivity index (χ0) is 18.4. The summed E-state index contributed by atoms with van der Waals surface area (Å²) in [7, 11) is 0. The summed E-state index contributed by atoms with van der Waals surface area (Å²) in [6, 6.07) is 17.8. The minimum atomic E-state index is -0.554. The largest absolute Gasteiger partial charge is 0.390 e. The van der Waals surface area contributed by atoms with Crippen LogP contribution in [0.1, 0.15) is 30.0 Å². The predicted octanol–water partition coefficient (Wildman–Crippen LogP) is 1.57. The van der Waals surface area contributed by atoms with Gasteiger partial charge in [0.1, 0.15) is 0 Å². The average Bonchev–Trinajstić information content (AvgIpc) is 3.29. The molecule has 2 atom stereocenters. The maximum absolute atomic E-state index is 11.0. The van der Waals surface area contributed by atoms with Gasteiger partial charge >= 0.3 is 0 Å². The van der Waals surface area contributed by atoms with E-state index in [0.29, 0.717) is 0 Å². The molecule has 0 amide bonds. The van der Waals surface area contributed by atoms with E-state index in [4.69, 9.17) is 5.73 Å². The number of piperidine rings is 1. The number of anilines is 1. The third-order valence-electron chi connectivity index (χ3n) is 6.15. The molecule has 1 fully saturated rings. The van der Waals surface area contributed by atoms with Crippen LogP contribution in [0.2, 0.25) is 0 Å². The first-order valence-corrected chi connectivity index (χ1v) is 9.32. The highest BCUT2D eigenvalue weighted by Crippen LogP contribution is 2.50. The Morgan fingerprint density at radius 1 is 1.00 bits per heavy atom. The van der Waals surface area contributed by atoms with Crippen LogP contribution in [-0.2, 0) is 5.41 Å². The monoisotopic (exact) mass is 362 g/mol. The predicted molar refractivity (Wildman–Crippen MR) is 102 cm³/mol. The van der Waals surface area contributed by atoms with Crippen molar-refractivity contribution >= 4 is 5.95 Å². The molecule has 0 unspecified atom stereocenters. The minimum Gasteiger partial charge on any atom is -0.390 e. The number of nitrogens with two attached hydrogens (primary N) is 1. The molecule has 7 heteroatoms. The van der Waals surface area contributed by atoms with Crippen molar-refractivity contribution in [3.63, 3.8) is 0 Å². The number of para-hydroxylation sites is 1. The van der Waals surface area contributed by atoms with Crippen molar-refractivity contribution in [2.24, 2.45) is 5.73 Å². The molecule has 2 aromatic carbocycles. The first kappa shape index (κ1) is 16.4. The molecule has 0 saturated carbocycles. The molecule has 5 rings (SSSR count). The van der Waals surface area contributed by atoms with Gasteiger partial charge in [0.2, 0.25) is 5.95 Å². The third-order valence-corrected chi connectivity index (χ3v) is 6.15. The summed E-state index contributed by atoms with van der Waals surface area (Å²) in [6.07, 6.45) is 1.09. The Labute approximate surface area is 157 Å². The van der Waals surface area contributed by atoms with Gasteiger partial charge in [0.05, 0.1) is 17.8 Å². The first-order valence-electron chi connectivity index (χ1n) is 9.32. The molecule has 7 nitrogen and oxygen atoms in total. The number of rotatable bonds is 2. The van der Waals surface area contributed by atoms with Gasteiger partial charge in [0.15, 0.2) is 0 Å². The number of hydrogen-bond acceptors (Lipinski definition) is 6. The van der Waals surface area contributed by atoms with E-state index >= 15 is 0 Å². The van der Waals surface area contributed by atoms with E-state index in [2.05, 4.69) is 26.5 Å². The molecule has 1 aliphatic heterocycles. The first-order chi connectivity index (χ1) is 13.2. The SMILES string of the molecule is N[C@@H]1c2ccccc2C2(CCN(c3nnnn3-c3ccccc3)CC2)[C@H]1O. The zero-order valence-corrected chi connectivity index (χ0v) is 14.9. The van der Waals surface area contributed by atoms with Crippen molar-refractivity contribution in [3.8, 4) is 5.69 Å². The number of benzene rings is 2. The number of aromatic nitrogens is 4. The van der Waals surface area contributed by atoms with Crippen LogP contribution in [0.25, 0.3) is 5.69 Å². The Kier molecular flexibility index (Phi) is 3.73. The molecule has 1 spiro atoms. The Bertz CT molecular complexity index is 948. The Balaban J connectivity index is 1.43. The van der Waals surface area contributed by atoms with Gasteiger partial charge in [-0.05, 0) is 46.5 Å². The second-order valence-electron chi connectivity index (χ2n) is 7.43. The van der Waals surface area contributed by atoms with Crippen LogP contribution in [0, 0.1) is 0 Å². The lowest BCUT2D eigenvalue weighted by Gasteiger charge is -2.42. The van der Waals surface area contributed by atoms with Crippen molar-refractivity contribution < 1.29 is 5.11 Å². The molecule has 1 aromatic heterocycles. The van der Waals surface area contributed by atoms with E-state index < -0.39 is 6.10 Å². The van der Waals surface area contributed by atoms with Crippen LogP contribution in [0.4, 0.5) is 5.95 Å². The van der Waals surface area contributed by atoms with Gasteiger partial charge in [-0.1, -0.05) is 47.6 Å². The third kappa shape index (κ3) is 2.39. The number of tetrazole rings is 1. The van der Waals surface area contributed by atoms with Gasteiger partial charge in [0, 0.05) is 18.5 Å². The van der Waals surface area contributed by atoms with Gasteiger partial charge in [-0.2, -0.15) is 4.68 Å². The van der Waals surface area contributed by atoms with Gasteiger partial charge in [-0.15, -0.1) is 0 Å². The highest BCUT2D eigenvalue weighted by molar-refractivity contribution is 5.47. The molecule has 1 saturated heterocycles. The number of aliphatic hydroxyl groups excluding tert-OH is 1. The Morgan fingerprint density at radius 3 is 2.48 bits per heavy atom. The van der Waals surface area contributed by atoms with E-state index in [-0.39, 0.29) is 11.5 Å². The van der Waals surface area contributed by atoms with Crippen molar-refractivity contribution in [2.45, 2.75) is 30.4 Å². The molecule has 2 heterocycles. The van der Waals surface area contributed by atoms with E-state index in [9.17, 15) is 5.11 Å². The second-order valence-corrected chi connectivity index (χ2v) is 7.43. The Hall–Kier alpha value is -2.77. The van der Waals surface area contributed by atoms with E-state index in [1.54, 1.807) is 4.68 Å². The maximum Gasteiger partial charge on any atom is 0.250 e. The molecule has 1 aliphatic carbocycles. The summed E-state index contributed by atoms with van der Waals surface area (Å²) in [5, 5.41) is 23.2. The number of hydrogen-bond donors (Lipinski definition) is 2. The van der Waals surface area contributed by atoms with Crippen LogP contribution in [0.3, 0.4) is 0 Å². The van der Waals surface area contributed by atoms with E-state index in [0.717, 1.165) is 43.1 Å². The summed E-state index contributed by atoms with van der Waals surface area (Å²) in [6.45, 7) is 1.54. The summed E-state index contributed by atoms with van der Waals surface area (Å²) in [4.78, 5) is 2.19. The summed E-state index contributed by atoms with van der Waals surface area (Å²) in [5.41, 5.74) is 9.26. The second kappa shape index (κ2) is 6.14. The summed E-state index contributed by atoms with van der Waals surface area (Å²) >= 11 is 0. The number of fused-ring (bicyclic) bond motifs is 2. The average molecular weight is 362 g/mol. The highest BCUT2D eigenvalue weighted by atomic mass is 16.3. The fourth-order valence-electron chi connectivity index (χ4n) is 4.70. The lowest BCUT2D eigenvalue weighted by atomic mass is 9.72. The maximum atomic E-state index is 11.0. The molecule has 2 aliphatic rings. The topological polar surface area (TPSA) is 93.1 Å². The van der Waals surface area contributed by atoms with Crippen LogP contribution in [-0.4, -0.2) is 44.5 Å². The van der Waals surface area contributed by atoms with Gasteiger partial charge in [-0.25, -0.2) is 0 Å². The minimum absolute atomic E-state index is 0.280. The molecule has 3 N–H and O–H groups in total. The van der Waals surface area contributed by atoms with Gasteiger partial charge in [-0.3, -0.25) is 0 Å². The van der Waals surface area contributed by atoms with E-state index in [1.165, 1.54) is 5.56 Å². The molecule has 0 radical (unpaired) electrons. The fourth-order valence-corrected chi connectivity index (χ4v) is 4.70. The lowest BCUT2D eigenvalue weighted by molar-refractivity contribution is 0.0581. The number of nitrogens with zero attached hydrogens (tertiary/aromatic N) is 5. The Morgan fingerprint density at radius 2 is 1.70 bits per heavy atom. The van der Waals surface area contributed by atoms with Gasteiger partial charge < -0.3 is 15.7 Å². The quantitative estimate of drug-likeness (QED) is 0.719.